The Morgan fingerprint density at radius 3 is 2.14 bits per heavy atom. The molecule has 146 valence electrons. The Bertz CT molecular complexity index is 901. The third-order valence-electron chi connectivity index (χ3n) is 4.25. The lowest BCUT2D eigenvalue weighted by molar-refractivity contribution is 0.626. The summed E-state index contributed by atoms with van der Waals surface area (Å²) in [4.78, 5) is 4.20. The van der Waals surface area contributed by atoms with E-state index in [0.29, 0.717) is 19.0 Å². The molecule has 0 bridgehead atoms. The number of rotatable bonds is 7. The molecule has 1 heterocycles. The van der Waals surface area contributed by atoms with Crippen molar-refractivity contribution >= 4 is 5.96 Å². The first-order chi connectivity index (χ1) is 13.6. The van der Waals surface area contributed by atoms with Crippen LogP contribution in [0.3, 0.4) is 0 Å². The first-order valence-electron chi connectivity index (χ1n) is 9.13. The van der Waals surface area contributed by atoms with Crippen molar-refractivity contribution in [2.45, 2.75) is 12.8 Å². The molecular weight excluding hydrogens is 360 g/mol. The summed E-state index contributed by atoms with van der Waals surface area (Å²) in [5.41, 5.74) is 2.81. The Hall–Kier alpha value is -3.22. The number of benzene rings is 2. The molecule has 0 aliphatic heterocycles. The predicted octanol–water partition coefficient (Wildman–Crippen LogP) is 3.10. The van der Waals surface area contributed by atoms with Crippen LogP contribution < -0.4 is 10.6 Å². The molecule has 0 aliphatic rings. The average Bonchev–Trinajstić information content (AvgIpc) is 3.17. The molecule has 0 aliphatic carbocycles. The fourth-order valence-electron chi connectivity index (χ4n) is 2.74. The number of hydrogen-bond acceptors (Lipinski definition) is 2. The van der Waals surface area contributed by atoms with E-state index in [1.54, 1.807) is 36.0 Å². The van der Waals surface area contributed by atoms with Gasteiger partial charge in [0.2, 0.25) is 0 Å². The monoisotopic (exact) mass is 383 g/mol. The van der Waals surface area contributed by atoms with Gasteiger partial charge in [-0.15, -0.1) is 0 Å². The number of hydrogen-bond donors (Lipinski definition) is 2. The maximum atomic E-state index is 13.0. The highest BCUT2D eigenvalue weighted by atomic mass is 19.1. The van der Waals surface area contributed by atoms with Crippen LogP contribution in [0.4, 0.5) is 8.78 Å². The molecule has 5 nitrogen and oxygen atoms in total. The van der Waals surface area contributed by atoms with E-state index in [2.05, 4.69) is 20.7 Å². The van der Waals surface area contributed by atoms with Crippen molar-refractivity contribution in [1.82, 2.24) is 20.4 Å². The van der Waals surface area contributed by atoms with E-state index in [1.807, 2.05) is 12.3 Å². The van der Waals surface area contributed by atoms with Crippen molar-refractivity contribution in [2.24, 2.45) is 4.99 Å². The van der Waals surface area contributed by atoms with E-state index in [4.69, 9.17) is 0 Å². The molecule has 3 aromatic rings. The average molecular weight is 383 g/mol. The number of aliphatic imine (C=N–C) groups is 1. The van der Waals surface area contributed by atoms with Crippen LogP contribution in [-0.2, 0) is 12.8 Å². The van der Waals surface area contributed by atoms with Crippen LogP contribution in [0.25, 0.3) is 5.69 Å². The van der Waals surface area contributed by atoms with Crippen molar-refractivity contribution in [2.75, 3.05) is 20.1 Å². The minimum absolute atomic E-state index is 0.226. The van der Waals surface area contributed by atoms with E-state index in [0.717, 1.165) is 29.8 Å². The van der Waals surface area contributed by atoms with Crippen LogP contribution in [-0.4, -0.2) is 35.9 Å². The zero-order valence-corrected chi connectivity index (χ0v) is 15.7. The van der Waals surface area contributed by atoms with Crippen molar-refractivity contribution in [1.29, 1.82) is 0 Å². The Morgan fingerprint density at radius 2 is 1.50 bits per heavy atom. The fraction of sp³-hybridized carbons (Fsp3) is 0.238. The second kappa shape index (κ2) is 9.64. The molecular formula is C21H23F2N5. The maximum absolute atomic E-state index is 13.0. The van der Waals surface area contributed by atoms with Crippen molar-refractivity contribution < 1.29 is 8.78 Å². The first kappa shape index (κ1) is 19.5. The number of halogens is 2. The Labute approximate surface area is 163 Å². The van der Waals surface area contributed by atoms with Crippen LogP contribution in [0.2, 0.25) is 0 Å². The molecule has 0 spiro atoms. The normalized spacial score (nSPS) is 11.5. The van der Waals surface area contributed by atoms with E-state index in [9.17, 15) is 8.78 Å². The molecule has 0 atom stereocenters. The van der Waals surface area contributed by atoms with Crippen LogP contribution in [0, 0.1) is 11.6 Å². The highest BCUT2D eigenvalue weighted by Gasteiger charge is 2.03. The second-order valence-electron chi connectivity index (χ2n) is 6.28. The van der Waals surface area contributed by atoms with Crippen LogP contribution >= 0.6 is 0 Å². The summed E-state index contributed by atoms with van der Waals surface area (Å²) in [5.74, 6) is 0.217. The second-order valence-corrected chi connectivity index (χ2v) is 6.28. The lowest BCUT2D eigenvalue weighted by Gasteiger charge is -2.11. The highest BCUT2D eigenvalue weighted by molar-refractivity contribution is 5.79. The molecule has 3 rings (SSSR count). The van der Waals surface area contributed by atoms with E-state index in [-0.39, 0.29) is 11.6 Å². The molecule has 0 saturated heterocycles. The van der Waals surface area contributed by atoms with E-state index < -0.39 is 0 Å². The maximum Gasteiger partial charge on any atom is 0.190 e. The van der Waals surface area contributed by atoms with Gasteiger partial charge in [-0.3, -0.25) is 4.99 Å². The molecule has 0 unspecified atom stereocenters. The number of nitrogens with zero attached hydrogens (tertiary/aromatic N) is 3. The molecule has 0 saturated carbocycles. The van der Waals surface area contributed by atoms with Gasteiger partial charge in [-0.25, -0.2) is 13.5 Å². The summed E-state index contributed by atoms with van der Waals surface area (Å²) in [6, 6.07) is 14.7. The summed E-state index contributed by atoms with van der Waals surface area (Å²) >= 11 is 0. The van der Waals surface area contributed by atoms with Crippen LogP contribution in [0.15, 0.2) is 65.8 Å². The zero-order chi connectivity index (χ0) is 19.8. The summed E-state index contributed by atoms with van der Waals surface area (Å²) in [7, 11) is 1.72. The van der Waals surface area contributed by atoms with Gasteiger partial charge in [0.1, 0.15) is 11.6 Å². The van der Waals surface area contributed by atoms with Gasteiger partial charge in [-0.05, 0) is 54.4 Å². The van der Waals surface area contributed by atoms with E-state index >= 15 is 0 Å². The lowest BCUT2D eigenvalue weighted by atomic mass is 10.1. The molecule has 0 fully saturated rings. The smallest absolute Gasteiger partial charge is 0.190 e. The fourth-order valence-corrected chi connectivity index (χ4v) is 2.74. The number of guanidine groups is 1. The molecule has 1 aromatic heterocycles. The van der Waals surface area contributed by atoms with E-state index in [1.165, 1.54) is 24.3 Å². The first-order valence-corrected chi connectivity index (χ1v) is 9.13. The minimum atomic E-state index is -0.265. The van der Waals surface area contributed by atoms with Gasteiger partial charge >= 0.3 is 0 Å². The molecule has 0 radical (unpaired) electrons. The molecule has 7 heteroatoms. The van der Waals surface area contributed by atoms with Crippen LogP contribution in [0.5, 0.6) is 0 Å². The van der Waals surface area contributed by atoms with Gasteiger partial charge in [0.25, 0.3) is 0 Å². The third kappa shape index (κ3) is 5.64. The number of nitrogens with one attached hydrogen (secondary N) is 2. The van der Waals surface area contributed by atoms with Crippen LogP contribution in [0.1, 0.15) is 11.3 Å². The quantitative estimate of drug-likeness (QED) is 0.487. The van der Waals surface area contributed by atoms with Gasteiger partial charge in [0.05, 0.1) is 11.4 Å². The molecule has 0 amide bonds. The summed E-state index contributed by atoms with van der Waals surface area (Å²) in [5, 5.41) is 11.0. The Kier molecular flexibility index (Phi) is 6.73. The standard InChI is InChI=1S/C21H23F2N5/c1-24-21(25-13-10-16-2-4-17(22)5-3-16)26-14-11-19-12-15-28(27-19)20-8-6-18(23)7-9-20/h2-9,12,15H,10-11,13-14H2,1H3,(H2,24,25,26). The summed E-state index contributed by atoms with van der Waals surface area (Å²) < 4.78 is 27.7. The highest BCUT2D eigenvalue weighted by Crippen LogP contribution is 2.09. The predicted molar refractivity (Wildman–Crippen MR) is 107 cm³/mol. The van der Waals surface area contributed by atoms with Gasteiger partial charge in [-0.2, -0.15) is 5.10 Å². The zero-order valence-electron chi connectivity index (χ0n) is 15.7. The Balaban J connectivity index is 1.42. The SMILES string of the molecule is CN=C(NCCc1ccc(F)cc1)NCCc1ccn(-c2ccc(F)cc2)n1. The summed E-state index contributed by atoms with van der Waals surface area (Å²) in [6.45, 7) is 1.38. The Morgan fingerprint density at radius 1 is 0.893 bits per heavy atom. The largest absolute Gasteiger partial charge is 0.356 e. The van der Waals surface area contributed by atoms with Crippen molar-refractivity contribution in [3.8, 4) is 5.69 Å². The number of aromatic nitrogens is 2. The van der Waals surface area contributed by atoms with Gasteiger partial charge < -0.3 is 10.6 Å². The van der Waals surface area contributed by atoms with Gasteiger partial charge in [0, 0.05) is 32.8 Å². The topological polar surface area (TPSA) is 54.2 Å². The molecule has 2 aromatic carbocycles. The minimum Gasteiger partial charge on any atom is -0.356 e. The van der Waals surface area contributed by atoms with Gasteiger partial charge in [-0.1, -0.05) is 12.1 Å². The van der Waals surface area contributed by atoms with Crippen molar-refractivity contribution in [3.63, 3.8) is 0 Å². The summed E-state index contributed by atoms with van der Waals surface area (Å²) in [6.07, 6.45) is 3.37. The lowest BCUT2D eigenvalue weighted by Crippen LogP contribution is -2.39. The van der Waals surface area contributed by atoms with Gasteiger partial charge in [0.15, 0.2) is 5.96 Å². The third-order valence-corrected chi connectivity index (χ3v) is 4.25. The van der Waals surface area contributed by atoms with Crippen molar-refractivity contribution in [3.05, 3.63) is 83.7 Å². The molecule has 28 heavy (non-hydrogen) atoms. The molecule has 2 N–H and O–H groups in total.